The van der Waals surface area contributed by atoms with E-state index in [4.69, 9.17) is 4.74 Å². The van der Waals surface area contributed by atoms with Crippen molar-refractivity contribution in [2.75, 3.05) is 5.32 Å². The molecule has 3 N–H and O–H groups in total. The molecule has 152 valence electrons. The number of thiazole rings is 1. The number of fused-ring (bicyclic) bond motifs is 1. The second-order valence-electron chi connectivity index (χ2n) is 6.65. The Balaban J connectivity index is 1.47. The lowest BCUT2D eigenvalue weighted by Crippen LogP contribution is -2.45. The van der Waals surface area contributed by atoms with Crippen molar-refractivity contribution in [2.45, 2.75) is 19.1 Å². The van der Waals surface area contributed by atoms with Crippen LogP contribution in [-0.2, 0) is 22.6 Å². The summed E-state index contributed by atoms with van der Waals surface area (Å²) in [7, 11) is 0. The van der Waals surface area contributed by atoms with Gasteiger partial charge in [-0.25, -0.2) is 9.78 Å². The van der Waals surface area contributed by atoms with Gasteiger partial charge in [0.2, 0.25) is 5.91 Å². The number of nitrogens with one attached hydrogen (secondary N) is 3. The number of benzene rings is 2. The molecule has 0 fully saturated rings. The van der Waals surface area contributed by atoms with E-state index >= 15 is 0 Å². The van der Waals surface area contributed by atoms with Crippen LogP contribution in [0.3, 0.4) is 0 Å². The number of amides is 2. The molecule has 7 nitrogen and oxygen atoms in total. The van der Waals surface area contributed by atoms with E-state index in [1.807, 2.05) is 60.8 Å². The smallest absolute Gasteiger partial charge is 0.408 e. The van der Waals surface area contributed by atoms with Gasteiger partial charge in [0.1, 0.15) is 12.6 Å². The molecule has 2 aromatic heterocycles. The number of hydrogen-bond acceptors (Lipinski definition) is 5. The van der Waals surface area contributed by atoms with Gasteiger partial charge in [-0.3, -0.25) is 4.79 Å². The second kappa shape index (κ2) is 9.23. The Labute approximate surface area is 177 Å². The van der Waals surface area contributed by atoms with Crippen LogP contribution >= 0.6 is 11.3 Å². The van der Waals surface area contributed by atoms with Crippen molar-refractivity contribution in [2.24, 2.45) is 0 Å². The van der Waals surface area contributed by atoms with E-state index in [0.717, 1.165) is 22.0 Å². The number of aromatic nitrogens is 2. The number of para-hydroxylation sites is 1. The number of H-pyrrole nitrogens is 1. The molecule has 4 aromatic rings. The summed E-state index contributed by atoms with van der Waals surface area (Å²) in [5, 5.41) is 8.69. The van der Waals surface area contributed by atoms with Crippen LogP contribution in [0.2, 0.25) is 0 Å². The van der Waals surface area contributed by atoms with E-state index in [1.54, 1.807) is 11.6 Å². The summed E-state index contributed by atoms with van der Waals surface area (Å²) in [6.45, 7) is 0.126. The Hall–Kier alpha value is -3.65. The van der Waals surface area contributed by atoms with Crippen LogP contribution in [0.1, 0.15) is 11.1 Å². The van der Waals surface area contributed by atoms with Gasteiger partial charge in [0.25, 0.3) is 0 Å². The molecule has 30 heavy (non-hydrogen) atoms. The summed E-state index contributed by atoms with van der Waals surface area (Å²) >= 11 is 1.31. The lowest BCUT2D eigenvalue weighted by Gasteiger charge is -2.17. The molecule has 0 aliphatic rings. The van der Waals surface area contributed by atoms with Gasteiger partial charge in [0.05, 0.1) is 0 Å². The number of aromatic amines is 1. The van der Waals surface area contributed by atoms with Crippen LogP contribution in [0.5, 0.6) is 0 Å². The number of carbonyl (C=O) groups is 2. The summed E-state index contributed by atoms with van der Waals surface area (Å²) in [6, 6.07) is 16.4. The Morgan fingerprint density at radius 2 is 1.90 bits per heavy atom. The highest BCUT2D eigenvalue weighted by Gasteiger charge is 2.24. The van der Waals surface area contributed by atoms with Gasteiger partial charge in [-0.2, -0.15) is 0 Å². The van der Waals surface area contributed by atoms with Gasteiger partial charge in [-0.1, -0.05) is 48.5 Å². The third kappa shape index (κ3) is 4.84. The van der Waals surface area contributed by atoms with E-state index in [-0.39, 0.29) is 12.5 Å². The van der Waals surface area contributed by atoms with Gasteiger partial charge >= 0.3 is 6.09 Å². The molecule has 4 rings (SSSR count). The average Bonchev–Trinajstić information content (AvgIpc) is 3.43. The van der Waals surface area contributed by atoms with E-state index in [2.05, 4.69) is 20.6 Å². The first kappa shape index (κ1) is 19.7. The highest BCUT2D eigenvalue weighted by Crippen LogP contribution is 2.20. The molecule has 2 heterocycles. The highest BCUT2D eigenvalue weighted by molar-refractivity contribution is 7.13. The summed E-state index contributed by atoms with van der Waals surface area (Å²) in [6.07, 6.45) is 3.11. The van der Waals surface area contributed by atoms with E-state index in [1.165, 1.54) is 11.3 Å². The van der Waals surface area contributed by atoms with Gasteiger partial charge in [0.15, 0.2) is 5.13 Å². The fourth-order valence-electron chi connectivity index (χ4n) is 3.11. The molecule has 0 aliphatic heterocycles. The Kier molecular flexibility index (Phi) is 6.05. The van der Waals surface area contributed by atoms with E-state index in [0.29, 0.717) is 11.6 Å². The van der Waals surface area contributed by atoms with Crippen molar-refractivity contribution in [3.63, 3.8) is 0 Å². The molecule has 0 saturated heterocycles. The maximum Gasteiger partial charge on any atom is 0.408 e. The molecule has 0 aliphatic carbocycles. The van der Waals surface area contributed by atoms with Crippen LogP contribution in [-0.4, -0.2) is 28.0 Å². The summed E-state index contributed by atoms with van der Waals surface area (Å²) in [4.78, 5) is 32.5. The fourth-order valence-corrected chi connectivity index (χ4v) is 3.65. The highest BCUT2D eigenvalue weighted by atomic mass is 32.1. The Morgan fingerprint density at radius 3 is 2.70 bits per heavy atom. The predicted molar refractivity (Wildman–Crippen MR) is 116 cm³/mol. The van der Waals surface area contributed by atoms with Crippen LogP contribution in [0, 0.1) is 0 Å². The first-order valence-electron chi connectivity index (χ1n) is 9.41. The summed E-state index contributed by atoms with van der Waals surface area (Å²) in [5.41, 5.74) is 2.76. The van der Waals surface area contributed by atoms with Gasteiger partial charge < -0.3 is 20.4 Å². The van der Waals surface area contributed by atoms with Gasteiger partial charge in [-0.15, -0.1) is 11.3 Å². The number of alkyl carbamates (subject to hydrolysis) is 1. The minimum atomic E-state index is -0.823. The van der Waals surface area contributed by atoms with Crippen LogP contribution in [0.15, 0.2) is 72.4 Å². The van der Waals surface area contributed by atoms with Crippen LogP contribution in [0.4, 0.5) is 9.93 Å². The molecule has 0 saturated carbocycles. The van der Waals surface area contributed by atoms with Crippen molar-refractivity contribution in [3.05, 3.63) is 83.5 Å². The number of nitrogens with zero attached hydrogens (tertiary/aromatic N) is 1. The third-order valence-electron chi connectivity index (χ3n) is 4.58. The Morgan fingerprint density at radius 1 is 1.10 bits per heavy atom. The van der Waals surface area contributed by atoms with Gasteiger partial charge in [0, 0.05) is 35.1 Å². The molecule has 8 heteroatoms. The summed E-state index contributed by atoms with van der Waals surface area (Å²) < 4.78 is 5.30. The minimum Gasteiger partial charge on any atom is -0.445 e. The first-order chi connectivity index (χ1) is 14.7. The molecule has 0 unspecified atom stereocenters. The molecular formula is C22H20N4O3S. The number of anilines is 1. The molecule has 2 aromatic carbocycles. The average molecular weight is 420 g/mol. The largest absolute Gasteiger partial charge is 0.445 e. The minimum absolute atomic E-state index is 0.126. The lowest BCUT2D eigenvalue weighted by molar-refractivity contribution is -0.118. The van der Waals surface area contributed by atoms with Crippen molar-refractivity contribution < 1.29 is 14.3 Å². The molecule has 1 atom stereocenters. The first-order valence-corrected chi connectivity index (χ1v) is 10.3. The lowest BCUT2D eigenvalue weighted by atomic mass is 10.0. The van der Waals surface area contributed by atoms with Crippen molar-refractivity contribution >= 4 is 39.4 Å². The number of carbonyl (C=O) groups excluding carboxylic acids is 2. The number of rotatable bonds is 7. The van der Waals surface area contributed by atoms with E-state index < -0.39 is 12.1 Å². The fraction of sp³-hybridized carbons (Fsp3) is 0.136. The Bertz CT molecular complexity index is 1130. The SMILES string of the molecule is O=C(N[C@@H](Cc1c[nH]c2ccccc12)C(=O)Nc1nccs1)OCc1ccccc1. The van der Waals surface area contributed by atoms with E-state index in [9.17, 15) is 9.59 Å². The molecule has 0 radical (unpaired) electrons. The molecule has 0 bridgehead atoms. The standard InChI is InChI=1S/C22H20N4O3S/c27-20(26-21-23-10-11-30-21)19(12-16-13-24-18-9-5-4-8-17(16)18)25-22(28)29-14-15-6-2-1-3-7-15/h1-11,13,19,24H,12,14H2,(H,25,28)(H,23,26,27)/t19-/m0/s1. The maximum atomic E-state index is 12.9. The zero-order chi connectivity index (χ0) is 20.8. The number of ether oxygens (including phenoxy) is 1. The number of hydrogen-bond donors (Lipinski definition) is 3. The van der Waals surface area contributed by atoms with Crippen molar-refractivity contribution in [1.82, 2.24) is 15.3 Å². The van der Waals surface area contributed by atoms with Crippen LogP contribution in [0.25, 0.3) is 10.9 Å². The quantitative estimate of drug-likeness (QED) is 0.419. The van der Waals surface area contributed by atoms with Gasteiger partial charge in [-0.05, 0) is 17.2 Å². The van der Waals surface area contributed by atoms with Crippen molar-refractivity contribution in [1.29, 1.82) is 0 Å². The second-order valence-corrected chi connectivity index (χ2v) is 7.54. The topological polar surface area (TPSA) is 96.1 Å². The predicted octanol–water partition coefficient (Wildman–Crippen LogP) is 4.10. The normalized spacial score (nSPS) is 11.7. The van der Waals surface area contributed by atoms with Crippen molar-refractivity contribution in [3.8, 4) is 0 Å². The molecule has 0 spiro atoms. The zero-order valence-electron chi connectivity index (χ0n) is 16.0. The summed E-state index contributed by atoms with van der Waals surface area (Å²) in [5.74, 6) is -0.355. The third-order valence-corrected chi connectivity index (χ3v) is 5.27. The molecule has 2 amide bonds. The molecular weight excluding hydrogens is 400 g/mol. The monoisotopic (exact) mass is 420 g/mol. The van der Waals surface area contributed by atoms with Crippen LogP contribution < -0.4 is 10.6 Å². The maximum absolute atomic E-state index is 12.9. The zero-order valence-corrected chi connectivity index (χ0v) is 16.8.